The van der Waals surface area contributed by atoms with Crippen LogP contribution in [0.2, 0.25) is 36.3 Å². The van der Waals surface area contributed by atoms with Crippen molar-refractivity contribution in [3.8, 4) is 0 Å². The molecule has 68 heavy (non-hydrogen) atoms. The zero-order valence-electron chi connectivity index (χ0n) is 41.2. The largest absolute Gasteiger partial charge is 0.457 e. The molecule has 1 amide bonds. The van der Waals surface area contributed by atoms with Crippen LogP contribution in [0.3, 0.4) is 0 Å². The van der Waals surface area contributed by atoms with E-state index in [4.69, 9.17) is 18.6 Å². The molecule has 358 valence electrons. The van der Waals surface area contributed by atoms with Crippen molar-refractivity contribution in [3.05, 3.63) is 157 Å². The van der Waals surface area contributed by atoms with Crippen LogP contribution in [0.5, 0.6) is 0 Å². The predicted octanol–water partition coefficient (Wildman–Crippen LogP) is 10.8. The van der Waals surface area contributed by atoms with E-state index in [1.165, 1.54) is 17.4 Å². The Morgan fingerprint density at radius 2 is 1.41 bits per heavy atom. The molecule has 0 saturated carbocycles. The van der Waals surface area contributed by atoms with Gasteiger partial charge in [0.1, 0.15) is 35.0 Å². The Balaban J connectivity index is 1.45. The number of amides is 1. The number of ether oxygens (including phenoxy) is 1. The van der Waals surface area contributed by atoms with Gasteiger partial charge in [-0.3, -0.25) is 19.0 Å². The van der Waals surface area contributed by atoms with Crippen LogP contribution >= 0.6 is 18.2 Å². The van der Waals surface area contributed by atoms with Crippen molar-refractivity contribution in [2.45, 2.75) is 110 Å². The molecule has 0 spiro atoms. The standard InChI is InChI=1S/C54H67N4O6PSSi2/c1-12-34-62-53(61)51(65(41-27-19-16-20-28-41,42-29-21-17-22-30-42)43-31-23-18-24-32-43)58-47(45(50(58)60)39(6)63-67(10,11)54(7,8)9)38(5)48(59)44-36-57-37-56-46(52(57)66-44)49(40-26-25-33-55-35-40)64-68(13-2,14-3)15-4/h12,16-33,35-39,45,47,49H,1,13-15,34H2,2-11H3/t38-,39-,45?,47?,49?/m1/s1. The minimum atomic E-state index is -3.26. The number of thiazole rings is 1. The van der Waals surface area contributed by atoms with E-state index in [0.29, 0.717) is 4.88 Å². The minimum Gasteiger partial charge on any atom is -0.457 e. The molecule has 0 bridgehead atoms. The van der Waals surface area contributed by atoms with Crippen LogP contribution in [0.1, 0.15) is 82.4 Å². The number of carbonyl (C=O) groups excluding carboxylic acids is 3. The maximum Gasteiger partial charge on any atom is 0.356 e. The van der Waals surface area contributed by atoms with E-state index in [2.05, 4.69) is 66.2 Å². The van der Waals surface area contributed by atoms with Gasteiger partial charge in [0.25, 0.3) is 0 Å². The number of aromatic nitrogens is 3. The van der Waals surface area contributed by atoms with Gasteiger partial charge in [-0.05, 0) is 65.2 Å². The molecule has 1 saturated heterocycles. The second-order valence-electron chi connectivity index (χ2n) is 19.3. The number of benzene rings is 3. The fourth-order valence-electron chi connectivity index (χ4n) is 9.42. The van der Waals surface area contributed by atoms with Gasteiger partial charge in [-0.15, -0.1) is 11.3 Å². The van der Waals surface area contributed by atoms with Gasteiger partial charge in [0, 0.05) is 37.0 Å². The maximum absolute atomic E-state index is 15.6. The van der Waals surface area contributed by atoms with E-state index >= 15 is 14.4 Å². The molecule has 0 radical (unpaired) electrons. The summed E-state index contributed by atoms with van der Waals surface area (Å²) in [6, 6.07) is 35.8. The first-order valence-corrected chi connectivity index (χ1v) is 31.8. The number of β-lactam (4-membered cyclic amide) rings is 1. The van der Waals surface area contributed by atoms with Crippen LogP contribution in [0.15, 0.2) is 141 Å². The van der Waals surface area contributed by atoms with Crippen molar-refractivity contribution in [2.75, 3.05) is 6.61 Å². The van der Waals surface area contributed by atoms with E-state index in [-0.39, 0.29) is 28.8 Å². The minimum absolute atomic E-state index is 0.0727. The third-order valence-electron chi connectivity index (χ3n) is 14.4. The highest BCUT2D eigenvalue weighted by Gasteiger charge is 2.59. The van der Waals surface area contributed by atoms with Gasteiger partial charge < -0.3 is 18.5 Å². The fraction of sp³-hybridized carbons (Fsp3) is 0.370. The first kappa shape index (κ1) is 50.8. The van der Waals surface area contributed by atoms with Crippen molar-refractivity contribution in [2.24, 2.45) is 11.8 Å². The number of imidazole rings is 1. The van der Waals surface area contributed by atoms with Crippen LogP contribution in [0.25, 0.3) is 4.83 Å². The highest BCUT2D eigenvalue weighted by atomic mass is 32.1. The highest BCUT2D eigenvalue weighted by Crippen LogP contribution is 2.52. The fourth-order valence-corrected chi connectivity index (χ4v) is 19.1. The van der Waals surface area contributed by atoms with Crippen molar-refractivity contribution in [1.29, 1.82) is 0 Å². The van der Waals surface area contributed by atoms with Crippen LogP contribution < -0.4 is 15.9 Å². The van der Waals surface area contributed by atoms with Crippen LogP contribution in [-0.2, 0) is 23.2 Å². The molecule has 6 aromatic rings. The van der Waals surface area contributed by atoms with Gasteiger partial charge >= 0.3 is 5.97 Å². The molecule has 4 heterocycles. The van der Waals surface area contributed by atoms with E-state index in [1.807, 2.05) is 134 Å². The van der Waals surface area contributed by atoms with Gasteiger partial charge in [-0.2, -0.15) is 0 Å². The quantitative estimate of drug-likeness (QED) is 0.0186. The Morgan fingerprint density at radius 3 is 1.90 bits per heavy atom. The molecule has 3 aromatic heterocycles. The Kier molecular flexibility index (Phi) is 15.6. The molecule has 7 rings (SSSR count). The Hall–Kier alpha value is -5.02. The number of Topliss-reactive ketones (excluding diaryl/α,β-unsaturated/α-hetero) is 1. The van der Waals surface area contributed by atoms with Crippen LogP contribution in [0.4, 0.5) is 0 Å². The number of esters is 1. The third-order valence-corrected chi connectivity index (χ3v) is 29.0. The summed E-state index contributed by atoms with van der Waals surface area (Å²) in [6.45, 7) is 21.8. The zero-order valence-corrected chi connectivity index (χ0v) is 44.9. The first-order valence-electron chi connectivity index (χ1n) is 23.8. The van der Waals surface area contributed by atoms with Gasteiger partial charge in [0.15, 0.2) is 22.4 Å². The number of rotatable bonds is 20. The van der Waals surface area contributed by atoms with Gasteiger partial charge in [-0.25, -0.2) is 9.78 Å². The number of fused-ring (bicyclic) bond motifs is 1. The molecule has 10 nitrogen and oxygen atoms in total. The summed E-state index contributed by atoms with van der Waals surface area (Å²) >= 11 is 1.37. The molecule has 5 atom stereocenters. The number of nitrogens with zero attached hydrogens (tertiary/aromatic N) is 4. The van der Waals surface area contributed by atoms with Gasteiger partial charge in [0.2, 0.25) is 5.91 Å². The van der Waals surface area contributed by atoms with Crippen molar-refractivity contribution >= 4 is 78.7 Å². The highest BCUT2D eigenvalue weighted by molar-refractivity contribution is 7.96. The predicted molar refractivity (Wildman–Crippen MR) is 284 cm³/mol. The zero-order chi connectivity index (χ0) is 49.0. The topological polar surface area (TPSA) is 112 Å². The summed E-state index contributed by atoms with van der Waals surface area (Å²) in [5, 5.41) is 2.44. The molecule has 1 aliphatic rings. The smallest absolute Gasteiger partial charge is 0.356 e. The molecule has 3 aromatic carbocycles. The Labute approximate surface area is 409 Å². The summed E-state index contributed by atoms with van der Waals surface area (Å²) < 4.78 is 22.2. The lowest BCUT2D eigenvalue weighted by Gasteiger charge is -2.54. The SMILES string of the molecule is C=CCOC(=O)C(N1C(=O)C([C@@H](C)O[Si](C)(C)C(C)(C)C)C1[C@@H](C)C(=O)c1cn2cnc(C(O[Si](CC)(CC)CC)c3cccnc3)c2s1)=P(c1ccccc1)(c1ccccc1)c1ccccc1. The lowest BCUT2D eigenvalue weighted by atomic mass is 9.75. The number of ketones is 1. The summed E-state index contributed by atoms with van der Waals surface area (Å²) in [5.74, 6) is -2.62. The average Bonchev–Trinajstić information content (AvgIpc) is 3.95. The molecular formula is C54H67N4O6PSSi2. The second kappa shape index (κ2) is 20.9. The Bertz CT molecular complexity index is 2660. The van der Waals surface area contributed by atoms with E-state index in [9.17, 15) is 0 Å². The van der Waals surface area contributed by atoms with Gasteiger partial charge in [0.05, 0.1) is 22.9 Å². The first-order chi connectivity index (χ1) is 32.5. The van der Waals surface area contributed by atoms with Crippen molar-refractivity contribution < 1.29 is 28.0 Å². The van der Waals surface area contributed by atoms with Crippen LogP contribution in [0, 0.1) is 11.8 Å². The van der Waals surface area contributed by atoms with E-state index in [0.717, 1.165) is 50.1 Å². The molecule has 14 heteroatoms. The van der Waals surface area contributed by atoms with Crippen molar-refractivity contribution in [3.63, 3.8) is 0 Å². The summed E-state index contributed by atoms with van der Waals surface area (Å²) in [6.07, 6.45) is 7.67. The lowest BCUT2D eigenvalue weighted by Crippen LogP contribution is -2.71. The maximum atomic E-state index is 15.6. The number of likely N-dealkylation sites (tertiary alicyclic amines) is 1. The molecule has 0 N–H and O–H groups in total. The molecular weight excluding hydrogens is 920 g/mol. The Morgan fingerprint density at radius 1 is 0.853 bits per heavy atom. The molecule has 0 aliphatic carbocycles. The second-order valence-corrected chi connectivity index (χ2v) is 33.1. The summed E-state index contributed by atoms with van der Waals surface area (Å²) in [4.78, 5) is 58.8. The number of carbonyl (C=O) groups is 3. The third kappa shape index (κ3) is 9.50. The molecule has 1 aliphatic heterocycles. The number of hydrogen-bond acceptors (Lipinski definition) is 9. The van der Waals surface area contributed by atoms with Crippen LogP contribution in [-0.4, -0.2) is 77.7 Å². The summed E-state index contributed by atoms with van der Waals surface area (Å²) in [7, 11) is -4.61. The molecule has 3 unspecified atom stereocenters. The number of hydrogen-bond donors (Lipinski definition) is 0. The van der Waals surface area contributed by atoms with E-state index < -0.39 is 59.6 Å². The summed E-state index contributed by atoms with van der Waals surface area (Å²) in [5.41, 5.74) is 1.86. The van der Waals surface area contributed by atoms with Crippen molar-refractivity contribution in [1.82, 2.24) is 19.3 Å². The van der Waals surface area contributed by atoms with E-state index in [1.54, 1.807) is 17.4 Å². The lowest BCUT2D eigenvalue weighted by molar-refractivity contribution is -0.158. The number of pyridine rings is 1. The molecule has 1 fully saturated rings. The monoisotopic (exact) mass is 986 g/mol. The van der Waals surface area contributed by atoms with Gasteiger partial charge in [-0.1, -0.05) is 158 Å². The average molecular weight is 987 g/mol. The normalized spacial score (nSPS) is 17.0.